The van der Waals surface area contributed by atoms with Gasteiger partial charge < -0.3 is 4.74 Å². The molecule has 0 unspecified atom stereocenters. The summed E-state index contributed by atoms with van der Waals surface area (Å²) in [6, 6.07) is 0. The first-order chi connectivity index (χ1) is 19.2. The Morgan fingerprint density at radius 3 is 0.949 bits per heavy atom. The molecule has 0 aliphatic carbocycles. The van der Waals surface area contributed by atoms with Crippen molar-refractivity contribution in [3.05, 3.63) is 24.3 Å². The van der Waals surface area contributed by atoms with Gasteiger partial charge in [0.15, 0.2) is 0 Å². The van der Waals surface area contributed by atoms with Gasteiger partial charge in [0.1, 0.15) is 0 Å². The molecular formula is C36H66O3. The third-order valence-corrected chi connectivity index (χ3v) is 7.51. The molecule has 0 aromatic rings. The molecule has 0 rings (SSSR count). The maximum atomic E-state index is 11.9. The fourth-order valence-electron chi connectivity index (χ4n) is 4.91. The number of esters is 2. The quantitative estimate of drug-likeness (QED) is 0.0389. The van der Waals surface area contributed by atoms with Crippen LogP contribution in [0.4, 0.5) is 0 Å². The van der Waals surface area contributed by atoms with E-state index in [1.165, 1.54) is 128 Å². The maximum Gasteiger partial charge on any atom is 0.313 e. The van der Waals surface area contributed by atoms with Gasteiger partial charge >= 0.3 is 11.9 Å². The lowest BCUT2D eigenvalue weighted by molar-refractivity contribution is -0.159. The Bertz CT molecular complexity index is 528. The molecule has 0 aliphatic rings. The maximum absolute atomic E-state index is 11.9. The lowest BCUT2D eigenvalue weighted by Gasteiger charge is -2.04. The number of ether oxygens (including phenoxy) is 1. The van der Waals surface area contributed by atoms with E-state index in [-0.39, 0.29) is 11.9 Å². The molecule has 3 heteroatoms. The molecule has 0 aliphatic heterocycles. The summed E-state index contributed by atoms with van der Waals surface area (Å²) in [4.78, 5) is 23.8. The van der Waals surface area contributed by atoms with Gasteiger partial charge in [0.05, 0.1) is 0 Å². The van der Waals surface area contributed by atoms with Crippen molar-refractivity contribution < 1.29 is 14.3 Å². The summed E-state index contributed by atoms with van der Waals surface area (Å²) < 4.78 is 4.99. The molecule has 0 atom stereocenters. The Labute approximate surface area is 244 Å². The number of carbonyl (C=O) groups excluding carboxylic acids is 2. The lowest BCUT2D eigenvalue weighted by Crippen LogP contribution is -2.11. The van der Waals surface area contributed by atoms with Crippen molar-refractivity contribution in [3.8, 4) is 0 Å². The highest BCUT2D eigenvalue weighted by molar-refractivity contribution is 5.85. The summed E-state index contributed by atoms with van der Waals surface area (Å²) >= 11 is 0. The minimum absolute atomic E-state index is 0.342. The number of hydrogen-bond acceptors (Lipinski definition) is 3. The number of hydrogen-bond donors (Lipinski definition) is 0. The van der Waals surface area contributed by atoms with Crippen molar-refractivity contribution in [2.24, 2.45) is 0 Å². The Hall–Kier alpha value is -1.38. The van der Waals surface area contributed by atoms with Crippen molar-refractivity contribution in [2.45, 2.75) is 194 Å². The zero-order valence-corrected chi connectivity index (χ0v) is 26.3. The first kappa shape index (κ1) is 37.6. The van der Waals surface area contributed by atoms with Gasteiger partial charge in [0, 0.05) is 12.8 Å². The number of allylic oxidation sites excluding steroid dienone is 4. The molecule has 0 spiro atoms. The number of rotatable bonds is 30. The van der Waals surface area contributed by atoms with Crippen LogP contribution in [0.15, 0.2) is 24.3 Å². The van der Waals surface area contributed by atoms with Crippen LogP contribution in [-0.2, 0) is 14.3 Å². The van der Waals surface area contributed by atoms with Crippen LogP contribution in [0.2, 0.25) is 0 Å². The number of carbonyl (C=O) groups is 2. The van der Waals surface area contributed by atoms with Crippen molar-refractivity contribution in [2.75, 3.05) is 0 Å². The van der Waals surface area contributed by atoms with Crippen LogP contribution in [0.3, 0.4) is 0 Å². The third-order valence-electron chi connectivity index (χ3n) is 7.51. The zero-order chi connectivity index (χ0) is 28.5. The van der Waals surface area contributed by atoms with Crippen LogP contribution in [0, 0.1) is 0 Å². The average molecular weight is 547 g/mol. The first-order valence-corrected chi connectivity index (χ1v) is 17.2. The molecule has 0 aromatic carbocycles. The molecule has 0 radical (unpaired) electrons. The van der Waals surface area contributed by atoms with Gasteiger partial charge in [-0.15, -0.1) is 0 Å². The van der Waals surface area contributed by atoms with Crippen molar-refractivity contribution in [1.29, 1.82) is 0 Å². The fourth-order valence-corrected chi connectivity index (χ4v) is 4.91. The van der Waals surface area contributed by atoms with Gasteiger partial charge in [-0.05, 0) is 64.2 Å². The average Bonchev–Trinajstić information content (AvgIpc) is 2.93. The Morgan fingerprint density at radius 2 is 0.641 bits per heavy atom. The molecule has 0 aromatic heterocycles. The molecule has 3 nitrogen and oxygen atoms in total. The van der Waals surface area contributed by atoms with E-state index in [4.69, 9.17) is 4.74 Å². The van der Waals surface area contributed by atoms with Crippen molar-refractivity contribution >= 4 is 11.9 Å². The molecule has 228 valence electrons. The SMILES string of the molecule is CCCCCCCCC=CCCCCCCCC(=O)OC(=O)CCCCCCC/C=C/CCCCCCCC. The third kappa shape index (κ3) is 32.7. The molecule has 0 N–H and O–H groups in total. The minimum Gasteiger partial charge on any atom is -0.393 e. The Morgan fingerprint density at radius 1 is 0.385 bits per heavy atom. The monoisotopic (exact) mass is 547 g/mol. The predicted molar refractivity (Wildman–Crippen MR) is 170 cm³/mol. The molecule has 39 heavy (non-hydrogen) atoms. The second kappa shape index (κ2) is 32.8. The van der Waals surface area contributed by atoms with Gasteiger partial charge in [0.25, 0.3) is 0 Å². The van der Waals surface area contributed by atoms with E-state index in [2.05, 4.69) is 38.2 Å². The minimum atomic E-state index is -0.342. The Kier molecular flexibility index (Phi) is 31.7. The van der Waals surface area contributed by atoms with Crippen LogP contribution in [0.5, 0.6) is 0 Å². The van der Waals surface area contributed by atoms with Gasteiger partial charge in [-0.25, -0.2) is 0 Å². The zero-order valence-electron chi connectivity index (χ0n) is 26.3. The summed E-state index contributed by atoms with van der Waals surface area (Å²) in [7, 11) is 0. The standard InChI is InChI=1S/C36H66O3/c1-3-5-7-9-11-13-15-17-19-21-23-25-27-29-31-33-35(37)39-36(38)34-32-30-28-26-24-22-20-18-16-14-12-10-8-6-4-2/h17-20H,3-16,21-34H2,1-2H3/b19-17+,20-18?. The van der Waals surface area contributed by atoms with Crippen LogP contribution in [-0.4, -0.2) is 11.9 Å². The summed E-state index contributed by atoms with van der Waals surface area (Å²) in [5.74, 6) is -0.684. The topological polar surface area (TPSA) is 43.4 Å². The summed E-state index contributed by atoms with van der Waals surface area (Å²) in [5, 5.41) is 0. The van der Waals surface area contributed by atoms with Crippen LogP contribution >= 0.6 is 0 Å². The molecule has 0 bridgehead atoms. The van der Waals surface area contributed by atoms with E-state index >= 15 is 0 Å². The second-order valence-electron chi connectivity index (χ2n) is 11.5. The fraction of sp³-hybridized carbons (Fsp3) is 0.833. The van der Waals surface area contributed by atoms with E-state index in [0.717, 1.165) is 38.5 Å². The van der Waals surface area contributed by atoms with Gasteiger partial charge in [-0.3, -0.25) is 9.59 Å². The van der Waals surface area contributed by atoms with Crippen LogP contribution in [0.1, 0.15) is 194 Å². The highest BCUT2D eigenvalue weighted by Crippen LogP contribution is 2.12. The molecular weight excluding hydrogens is 480 g/mol. The Balaban J connectivity index is 3.37. The molecule has 0 saturated heterocycles. The molecule has 0 fully saturated rings. The predicted octanol–water partition coefficient (Wildman–Crippen LogP) is 12.1. The van der Waals surface area contributed by atoms with Gasteiger partial charge in [-0.1, -0.05) is 141 Å². The van der Waals surface area contributed by atoms with E-state index in [1.807, 2.05) is 0 Å². The van der Waals surface area contributed by atoms with Gasteiger partial charge in [-0.2, -0.15) is 0 Å². The smallest absolute Gasteiger partial charge is 0.313 e. The van der Waals surface area contributed by atoms with Crippen molar-refractivity contribution in [3.63, 3.8) is 0 Å². The summed E-state index contributed by atoms with van der Waals surface area (Å²) in [6.45, 7) is 4.53. The van der Waals surface area contributed by atoms with Gasteiger partial charge in [0.2, 0.25) is 0 Å². The highest BCUT2D eigenvalue weighted by Gasteiger charge is 2.09. The molecule has 0 saturated carbocycles. The lowest BCUT2D eigenvalue weighted by atomic mass is 10.1. The summed E-state index contributed by atoms with van der Waals surface area (Å²) in [5.41, 5.74) is 0. The molecule has 0 heterocycles. The van der Waals surface area contributed by atoms with Crippen LogP contribution < -0.4 is 0 Å². The summed E-state index contributed by atoms with van der Waals surface area (Å²) in [6.07, 6.45) is 42.2. The second-order valence-corrected chi connectivity index (χ2v) is 11.5. The largest absolute Gasteiger partial charge is 0.393 e. The molecule has 0 amide bonds. The number of unbranched alkanes of at least 4 members (excludes halogenated alkanes) is 22. The van der Waals surface area contributed by atoms with E-state index in [1.54, 1.807) is 0 Å². The van der Waals surface area contributed by atoms with E-state index in [0.29, 0.717) is 12.8 Å². The van der Waals surface area contributed by atoms with Crippen LogP contribution in [0.25, 0.3) is 0 Å². The highest BCUT2D eigenvalue weighted by atomic mass is 16.6. The van der Waals surface area contributed by atoms with Crippen molar-refractivity contribution in [1.82, 2.24) is 0 Å². The first-order valence-electron chi connectivity index (χ1n) is 17.2. The van der Waals surface area contributed by atoms with E-state index < -0.39 is 0 Å². The van der Waals surface area contributed by atoms with E-state index in [9.17, 15) is 9.59 Å². The normalized spacial score (nSPS) is 11.6.